The summed E-state index contributed by atoms with van der Waals surface area (Å²) in [5, 5.41) is 4.26. The molecule has 0 aliphatic carbocycles. The van der Waals surface area contributed by atoms with Gasteiger partial charge in [-0.05, 0) is 31.0 Å². The molecule has 1 saturated heterocycles. The molecule has 6 heteroatoms. The summed E-state index contributed by atoms with van der Waals surface area (Å²) in [7, 11) is 4.07. The molecular formula is C17H28Cl3N3. The Hall–Kier alpha value is -0.450. The van der Waals surface area contributed by atoms with Crippen LogP contribution in [0.15, 0.2) is 30.4 Å². The van der Waals surface area contributed by atoms with E-state index in [-0.39, 0.29) is 24.8 Å². The van der Waals surface area contributed by atoms with Crippen LogP contribution in [0.4, 0.5) is 5.69 Å². The first-order valence-corrected chi connectivity index (χ1v) is 7.92. The van der Waals surface area contributed by atoms with Gasteiger partial charge in [0.2, 0.25) is 0 Å². The standard InChI is InChI=1S/C17H26ClN3.2ClH/c1-13(2)11-17(21-9-7-19-8-10-21)15-6-5-14(20(3)4)12-16(15)18;;/h5-6,12,17,19H,1,7-11H2,2-4H3;2*1H/t17-;;/m1../s1. The van der Waals surface area contributed by atoms with Gasteiger partial charge >= 0.3 is 0 Å². The first-order chi connectivity index (χ1) is 9.99. The molecule has 1 N–H and O–H groups in total. The quantitative estimate of drug-likeness (QED) is 0.774. The minimum Gasteiger partial charge on any atom is -0.378 e. The molecule has 1 aromatic rings. The fourth-order valence-electron chi connectivity index (χ4n) is 2.82. The number of rotatable bonds is 5. The van der Waals surface area contributed by atoms with Gasteiger partial charge in [0.05, 0.1) is 0 Å². The zero-order valence-corrected chi connectivity index (χ0v) is 16.5. The molecule has 0 unspecified atom stereocenters. The molecule has 1 aromatic carbocycles. The van der Waals surface area contributed by atoms with Crippen LogP contribution in [0.5, 0.6) is 0 Å². The van der Waals surface area contributed by atoms with Gasteiger partial charge in [-0.2, -0.15) is 0 Å². The fraction of sp³-hybridized carbons (Fsp3) is 0.529. The highest BCUT2D eigenvalue weighted by Gasteiger charge is 2.24. The molecule has 0 aromatic heterocycles. The number of hydrogen-bond donors (Lipinski definition) is 1. The third-order valence-corrected chi connectivity index (χ3v) is 4.32. The molecule has 0 saturated carbocycles. The Morgan fingerprint density at radius 2 is 1.91 bits per heavy atom. The minimum atomic E-state index is 0. The van der Waals surface area contributed by atoms with E-state index in [1.807, 2.05) is 14.1 Å². The van der Waals surface area contributed by atoms with Crippen molar-refractivity contribution in [1.29, 1.82) is 0 Å². The maximum Gasteiger partial charge on any atom is 0.0474 e. The van der Waals surface area contributed by atoms with E-state index < -0.39 is 0 Å². The molecule has 1 heterocycles. The van der Waals surface area contributed by atoms with E-state index in [9.17, 15) is 0 Å². The van der Waals surface area contributed by atoms with E-state index in [0.717, 1.165) is 43.3 Å². The van der Waals surface area contributed by atoms with Crippen LogP contribution < -0.4 is 10.2 Å². The zero-order chi connectivity index (χ0) is 15.4. The van der Waals surface area contributed by atoms with E-state index in [2.05, 4.69) is 46.8 Å². The number of hydrogen-bond acceptors (Lipinski definition) is 3. The summed E-state index contributed by atoms with van der Waals surface area (Å²) in [6.45, 7) is 10.4. The van der Waals surface area contributed by atoms with E-state index >= 15 is 0 Å². The van der Waals surface area contributed by atoms with Gasteiger partial charge in [0.1, 0.15) is 0 Å². The van der Waals surface area contributed by atoms with Crippen molar-refractivity contribution in [3.05, 3.63) is 40.9 Å². The summed E-state index contributed by atoms with van der Waals surface area (Å²) in [4.78, 5) is 4.59. The number of nitrogens with zero attached hydrogens (tertiary/aromatic N) is 2. The summed E-state index contributed by atoms with van der Waals surface area (Å²) in [5.74, 6) is 0. The van der Waals surface area contributed by atoms with E-state index in [1.54, 1.807) is 0 Å². The molecule has 1 atom stereocenters. The van der Waals surface area contributed by atoms with Gasteiger partial charge in [0.25, 0.3) is 0 Å². The predicted molar refractivity (Wildman–Crippen MR) is 107 cm³/mol. The van der Waals surface area contributed by atoms with Gasteiger partial charge in [-0.1, -0.05) is 23.2 Å². The molecule has 2 rings (SSSR count). The molecule has 3 nitrogen and oxygen atoms in total. The van der Waals surface area contributed by atoms with Crippen molar-refractivity contribution < 1.29 is 0 Å². The Balaban J connectivity index is 0.00000242. The average molecular weight is 381 g/mol. The van der Waals surface area contributed by atoms with E-state index in [1.165, 1.54) is 11.1 Å². The monoisotopic (exact) mass is 379 g/mol. The maximum absolute atomic E-state index is 6.57. The van der Waals surface area contributed by atoms with Gasteiger partial charge in [-0.15, -0.1) is 31.4 Å². The molecular weight excluding hydrogens is 353 g/mol. The highest BCUT2D eigenvalue weighted by atomic mass is 35.5. The third kappa shape index (κ3) is 6.17. The predicted octanol–water partition coefficient (Wildman–Crippen LogP) is 4.16. The van der Waals surface area contributed by atoms with Gasteiger partial charge in [0.15, 0.2) is 0 Å². The van der Waals surface area contributed by atoms with Crippen LogP contribution in [-0.4, -0.2) is 45.2 Å². The normalized spacial score (nSPS) is 16.0. The van der Waals surface area contributed by atoms with Crippen LogP contribution in [-0.2, 0) is 0 Å². The zero-order valence-electron chi connectivity index (χ0n) is 14.1. The van der Waals surface area contributed by atoms with Crippen molar-refractivity contribution in [2.24, 2.45) is 0 Å². The van der Waals surface area contributed by atoms with E-state index in [0.29, 0.717) is 6.04 Å². The van der Waals surface area contributed by atoms with Crippen molar-refractivity contribution in [2.75, 3.05) is 45.2 Å². The van der Waals surface area contributed by atoms with Crippen molar-refractivity contribution in [1.82, 2.24) is 10.2 Å². The second kappa shape index (κ2) is 10.4. The van der Waals surface area contributed by atoms with Crippen molar-refractivity contribution in [3.8, 4) is 0 Å². The second-order valence-electron chi connectivity index (χ2n) is 6.06. The summed E-state index contributed by atoms with van der Waals surface area (Å²) in [5.41, 5.74) is 3.55. The lowest BCUT2D eigenvalue weighted by Crippen LogP contribution is -2.45. The summed E-state index contributed by atoms with van der Waals surface area (Å²) >= 11 is 6.57. The molecule has 0 radical (unpaired) electrons. The lowest BCUT2D eigenvalue weighted by molar-refractivity contribution is 0.172. The summed E-state index contributed by atoms with van der Waals surface area (Å²) in [6.07, 6.45) is 0.959. The Labute approximate surface area is 157 Å². The highest BCUT2D eigenvalue weighted by molar-refractivity contribution is 6.31. The van der Waals surface area contributed by atoms with Crippen LogP contribution in [0.2, 0.25) is 5.02 Å². The van der Waals surface area contributed by atoms with Crippen LogP contribution >= 0.6 is 36.4 Å². The van der Waals surface area contributed by atoms with Crippen LogP contribution in [0.3, 0.4) is 0 Å². The number of halogens is 3. The van der Waals surface area contributed by atoms with Gasteiger partial charge in [-0.25, -0.2) is 0 Å². The Morgan fingerprint density at radius 1 is 1.30 bits per heavy atom. The molecule has 1 aliphatic heterocycles. The molecule has 132 valence electrons. The number of benzene rings is 1. The molecule has 1 fully saturated rings. The van der Waals surface area contributed by atoms with Gasteiger partial charge in [-0.3, -0.25) is 4.90 Å². The Kier molecular flexibility index (Phi) is 10.2. The van der Waals surface area contributed by atoms with Crippen LogP contribution in [0.1, 0.15) is 24.9 Å². The number of anilines is 1. The van der Waals surface area contributed by atoms with Crippen LogP contribution in [0, 0.1) is 0 Å². The second-order valence-corrected chi connectivity index (χ2v) is 6.47. The summed E-state index contributed by atoms with van der Waals surface area (Å²) in [6, 6.07) is 6.71. The molecule has 0 spiro atoms. The van der Waals surface area contributed by atoms with Crippen molar-refractivity contribution in [3.63, 3.8) is 0 Å². The molecule has 0 bridgehead atoms. The smallest absolute Gasteiger partial charge is 0.0474 e. The molecule has 23 heavy (non-hydrogen) atoms. The maximum atomic E-state index is 6.57. The first-order valence-electron chi connectivity index (χ1n) is 7.55. The van der Waals surface area contributed by atoms with Crippen molar-refractivity contribution >= 4 is 42.1 Å². The first kappa shape index (κ1) is 22.6. The molecule has 0 amide bonds. The lowest BCUT2D eigenvalue weighted by Gasteiger charge is -2.36. The third-order valence-electron chi connectivity index (χ3n) is 3.99. The van der Waals surface area contributed by atoms with Crippen molar-refractivity contribution in [2.45, 2.75) is 19.4 Å². The van der Waals surface area contributed by atoms with Crippen LogP contribution in [0.25, 0.3) is 0 Å². The average Bonchev–Trinajstić information content (AvgIpc) is 2.45. The highest BCUT2D eigenvalue weighted by Crippen LogP contribution is 2.34. The number of nitrogens with one attached hydrogen (secondary N) is 1. The fourth-order valence-corrected chi connectivity index (χ4v) is 3.12. The van der Waals surface area contributed by atoms with E-state index in [4.69, 9.17) is 11.6 Å². The molecule has 1 aliphatic rings. The topological polar surface area (TPSA) is 18.5 Å². The number of piperazine rings is 1. The largest absolute Gasteiger partial charge is 0.378 e. The van der Waals surface area contributed by atoms with Gasteiger partial charge in [0, 0.05) is 57.0 Å². The minimum absolute atomic E-state index is 0. The lowest BCUT2D eigenvalue weighted by atomic mass is 9.97. The Bertz CT molecular complexity index is 500. The summed E-state index contributed by atoms with van der Waals surface area (Å²) < 4.78 is 0. The SMILES string of the molecule is C=C(C)C[C@H](c1ccc(N(C)C)cc1Cl)N1CCNCC1.Cl.Cl. The Morgan fingerprint density at radius 3 is 2.39 bits per heavy atom. The van der Waals surface area contributed by atoms with Gasteiger partial charge < -0.3 is 10.2 Å².